The van der Waals surface area contributed by atoms with Gasteiger partial charge in [-0.15, -0.1) is 6.42 Å². The number of hydrogen-bond donors (Lipinski definition) is 1. The van der Waals surface area contributed by atoms with E-state index in [2.05, 4.69) is 15.9 Å². The molecule has 0 radical (unpaired) electrons. The summed E-state index contributed by atoms with van der Waals surface area (Å²) in [5.74, 6) is 2.84. The van der Waals surface area contributed by atoms with E-state index in [1.165, 1.54) is 17.8 Å². The molecule has 0 spiro atoms. The summed E-state index contributed by atoms with van der Waals surface area (Å²) in [6.07, 6.45) is 0.749. The zero-order valence-corrected chi connectivity index (χ0v) is 9.32. The minimum atomic E-state index is -4.34. The molecule has 88 valence electrons. The van der Waals surface area contributed by atoms with Crippen LogP contribution in [0.15, 0.2) is 23.4 Å². The molecule has 0 saturated heterocycles. The highest BCUT2D eigenvalue weighted by atomic mass is 32.2. The monoisotopic (exact) mass is 256 g/mol. The summed E-state index contributed by atoms with van der Waals surface area (Å²) in [5, 5.41) is 0.525. The molecule has 0 atom stereocenters. The number of nitrogens with one attached hydrogen (secondary N) is 1. The van der Waals surface area contributed by atoms with Crippen molar-refractivity contribution >= 4 is 22.8 Å². The SMILES string of the molecule is C#CCSc1nc2ccc(C(F)(F)F)cc2[nH]1. The van der Waals surface area contributed by atoms with Gasteiger partial charge in [0.25, 0.3) is 0 Å². The maximum absolute atomic E-state index is 12.5. The summed E-state index contributed by atoms with van der Waals surface area (Å²) >= 11 is 1.28. The first-order chi connectivity index (χ1) is 8.00. The minimum Gasteiger partial charge on any atom is -0.333 e. The highest BCUT2D eigenvalue weighted by Gasteiger charge is 2.30. The van der Waals surface area contributed by atoms with Crippen molar-refractivity contribution in [1.29, 1.82) is 0 Å². The molecule has 0 unspecified atom stereocenters. The summed E-state index contributed by atoms with van der Waals surface area (Å²) in [6.45, 7) is 0. The minimum absolute atomic E-state index is 0.361. The number of hydrogen-bond acceptors (Lipinski definition) is 2. The highest BCUT2D eigenvalue weighted by Crippen LogP contribution is 2.31. The molecule has 1 heterocycles. The van der Waals surface area contributed by atoms with Gasteiger partial charge in [0.15, 0.2) is 5.16 Å². The largest absolute Gasteiger partial charge is 0.416 e. The first kappa shape index (κ1) is 11.9. The number of thioether (sulfide) groups is 1. The number of aromatic amines is 1. The van der Waals surface area contributed by atoms with Crippen LogP contribution in [0.3, 0.4) is 0 Å². The number of aromatic nitrogens is 2. The van der Waals surface area contributed by atoms with Crippen LogP contribution in [0.4, 0.5) is 13.2 Å². The van der Waals surface area contributed by atoms with Crippen molar-refractivity contribution in [2.75, 3.05) is 5.75 Å². The van der Waals surface area contributed by atoms with Crippen LogP contribution >= 0.6 is 11.8 Å². The van der Waals surface area contributed by atoms with Gasteiger partial charge in [-0.05, 0) is 18.2 Å². The predicted molar refractivity (Wildman–Crippen MR) is 60.7 cm³/mol. The van der Waals surface area contributed by atoms with E-state index in [0.29, 0.717) is 21.9 Å². The van der Waals surface area contributed by atoms with E-state index in [1.807, 2.05) is 0 Å². The highest BCUT2D eigenvalue weighted by molar-refractivity contribution is 7.99. The first-order valence-corrected chi connectivity index (χ1v) is 5.62. The van der Waals surface area contributed by atoms with Gasteiger partial charge in [-0.3, -0.25) is 0 Å². The number of alkyl halides is 3. The molecule has 0 bridgehead atoms. The molecular formula is C11H7F3N2S. The summed E-state index contributed by atoms with van der Waals surface area (Å²) in [7, 11) is 0. The Bertz CT molecular complexity index is 580. The second-order valence-electron chi connectivity index (χ2n) is 3.26. The normalized spacial score (nSPS) is 11.6. The molecule has 1 aromatic carbocycles. The van der Waals surface area contributed by atoms with Crippen molar-refractivity contribution in [2.45, 2.75) is 11.3 Å². The second-order valence-corrected chi connectivity index (χ2v) is 4.23. The van der Waals surface area contributed by atoms with Gasteiger partial charge in [-0.2, -0.15) is 13.2 Å². The van der Waals surface area contributed by atoms with Crippen molar-refractivity contribution in [3.05, 3.63) is 23.8 Å². The Morgan fingerprint density at radius 1 is 1.41 bits per heavy atom. The average Bonchev–Trinajstić information content (AvgIpc) is 2.66. The molecule has 0 saturated carbocycles. The van der Waals surface area contributed by atoms with Gasteiger partial charge in [0.05, 0.1) is 22.3 Å². The van der Waals surface area contributed by atoms with Gasteiger partial charge in [0.2, 0.25) is 0 Å². The number of benzene rings is 1. The van der Waals surface area contributed by atoms with Crippen LogP contribution in [0.25, 0.3) is 11.0 Å². The molecule has 0 aliphatic carbocycles. The lowest BCUT2D eigenvalue weighted by atomic mass is 10.2. The van der Waals surface area contributed by atoms with Gasteiger partial charge in [-0.25, -0.2) is 4.98 Å². The molecule has 2 aromatic rings. The number of H-pyrrole nitrogens is 1. The Morgan fingerprint density at radius 2 is 2.18 bits per heavy atom. The van der Waals surface area contributed by atoms with E-state index in [-0.39, 0.29) is 0 Å². The number of nitrogens with zero attached hydrogens (tertiary/aromatic N) is 1. The van der Waals surface area contributed by atoms with Crippen LogP contribution < -0.4 is 0 Å². The lowest BCUT2D eigenvalue weighted by molar-refractivity contribution is -0.137. The molecule has 6 heteroatoms. The van der Waals surface area contributed by atoms with Crippen molar-refractivity contribution in [1.82, 2.24) is 9.97 Å². The summed E-state index contributed by atoms with van der Waals surface area (Å²) in [4.78, 5) is 6.92. The third kappa shape index (κ3) is 2.56. The molecular weight excluding hydrogens is 249 g/mol. The number of halogens is 3. The van der Waals surface area contributed by atoms with E-state index < -0.39 is 11.7 Å². The third-order valence-corrected chi connectivity index (χ3v) is 2.86. The topological polar surface area (TPSA) is 28.7 Å². The molecule has 17 heavy (non-hydrogen) atoms. The van der Waals surface area contributed by atoms with E-state index in [4.69, 9.17) is 6.42 Å². The molecule has 2 rings (SSSR count). The Morgan fingerprint density at radius 3 is 2.82 bits per heavy atom. The van der Waals surface area contributed by atoms with Crippen LogP contribution in [0.2, 0.25) is 0 Å². The zero-order valence-electron chi connectivity index (χ0n) is 8.51. The maximum Gasteiger partial charge on any atom is 0.416 e. The van der Waals surface area contributed by atoms with E-state index in [9.17, 15) is 13.2 Å². The van der Waals surface area contributed by atoms with Crippen LogP contribution in [0.5, 0.6) is 0 Å². The van der Waals surface area contributed by atoms with Crippen molar-refractivity contribution in [2.24, 2.45) is 0 Å². The average molecular weight is 256 g/mol. The fourth-order valence-corrected chi connectivity index (χ4v) is 1.91. The molecule has 2 nitrogen and oxygen atoms in total. The fraction of sp³-hybridized carbons (Fsp3) is 0.182. The summed E-state index contributed by atoms with van der Waals surface area (Å²) in [5.41, 5.74) is 0.166. The van der Waals surface area contributed by atoms with Crippen LogP contribution in [-0.4, -0.2) is 15.7 Å². The van der Waals surface area contributed by atoms with Crippen molar-refractivity contribution in [3.63, 3.8) is 0 Å². The van der Waals surface area contributed by atoms with Gasteiger partial charge in [-0.1, -0.05) is 17.7 Å². The number of fused-ring (bicyclic) bond motifs is 1. The van der Waals surface area contributed by atoms with Gasteiger partial charge >= 0.3 is 6.18 Å². The van der Waals surface area contributed by atoms with E-state index in [1.54, 1.807) is 0 Å². The van der Waals surface area contributed by atoms with Gasteiger partial charge < -0.3 is 4.98 Å². The molecule has 0 aliphatic heterocycles. The van der Waals surface area contributed by atoms with Gasteiger partial charge in [0, 0.05) is 0 Å². The standard InChI is InChI=1S/C11H7F3N2S/c1-2-5-17-10-15-8-4-3-7(11(12,13)14)6-9(8)16-10/h1,3-4,6H,5H2,(H,15,16). The molecule has 0 fully saturated rings. The lowest BCUT2D eigenvalue weighted by Crippen LogP contribution is -2.04. The number of rotatable bonds is 2. The Kier molecular flexibility index (Phi) is 3.03. The number of terminal acetylenes is 1. The molecule has 1 aromatic heterocycles. The van der Waals surface area contributed by atoms with Crippen molar-refractivity contribution in [3.8, 4) is 12.3 Å². The molecule has 0 amide bonds. The summed E-state index contributed by atoms with van der Waals surface area (Å²) in [6, 6.07) is 3.40. The Balaban J connectivity index is 2.38. The van der Waals surface area contributed by atoms with Crippen LogP contribution in [0.1, 0.15) is 5.56 Å². The van der Waals surface area contributed by atoms with Gasteiger partial charge in [0.1, 0.15) is 0 Å². The van der Waals surface area contributed by atoms with Crippen molar-refractivity contribution < 1.29 is 13.2 Å². The van der Waals surface area contributed by atoms with E-state index in [0.717, 1.165) is 12.1 Å². The molecule has 1 N–H and O–H groups in total. The summed E-state index contributed by atoms with van der Waals surface area (Å²) < 4.78 is 37.4. The maximum atomic E-state index is 12.5. The predicted octanol–water partition coefficient (Wildman–Crippen LogP) is 3.31. The van der Waals surface area contributed by atoms with E-state index >= 15 is 0 Å². The second kappa shape index (κ2) is 4.34. The Hall–Kier alpha value is -1.61. The third-order valence-electron chi connectivity index (χ3n) is 2.08. The smallest absolute Gasteiger partial charge is 0.333 e. The van der Waals surface area contributed by atoms with Crippen LogP contribution in [-0.2, 0) is 6.18 Å². The quantitative estimate of drug-likeness (QED) is 0.659. The fourth-order valence-electron chi connectivity index (χ4n) is 1.34. The molecule has 0 aliphatic rings. The number of imidazole rings is 1. The lowest BCUT2D eigenvalue weighted by Gasteiger charge is -2.04. The Labute approximate surface area is 99.6 Å². The zero-order chi connectivity index (χ0) is 12.5. The van der Waals surface area contributed by atoms with Crippen LogP contribution in [0, 0.1) is 12.3 Å². The first-order valence-electron chi connectivity index (χ1n) is 4.64.